The number of carbonyl (C=O) groups is 1. The fourth-order valence-corrected chi connectivity index (χ4v) is 2.76. The topological polar surface area (TPSA) is 49.3 Å². The van der Waals surface area contributed by atoms with Crippen LogP contribution in [0.25, 0.3) is 0 Å². The van der Waals surface area contributed by atoms with Gasteiger partial charge in [0, 0.05) is 12.0 Å². The maximum absolute atomic E-state index is 12.3. The lowest BCUT2D eigenvalue weighted by Crippen LogP contribution is -2.33. The van der Waals surface area contributed by atoms with E-state index in [9.17, 15) is 9.90 Å². The predicted molar refractivity (Wildman–Crippen MR) is 77.5 cm³/mol. The largest absolute Gasteiger partial charge is 0.390 e. The molecule has 1 aliphatic carbocycles. The number of rotatable bonds is 2. The van der Waals surface area contributed by atoms with Gasteiger partial charge in [-0.2, -0.15) is 0 Å². The minimum Gasteiger partial charge on any atom is -0.390 e. The van der Waals surface area contributed by atoms with E-state index in [4.69, 9.17) is 0 Å². The zero-order chi connectivity index (χ0) is 14.1. The predicted octanol–water partition coefficient (Wildman–Crippen LogP) is 2.38. The number of hydrogen-bond acceptors (Lipinski definition) is 2. The van der Waals surface area contributed by atoms with E-state index >= 15 is 0 Å². The van der Waals surface area contributed by atoms with Crippen molar-refractivity contribution in [2.24, 2.45) is 0 Å². The Morgan fingerprint density at radius 1 is 1.20 bits per heavy atom. The summed E-state index contributed by atoms with van der Waals surface area (Å²) in [5.41, 5.74) is 3.79. The smallest absolute Gasteiger partial charge is 0.251 e. The van der Waals surface area contributed by atoms with Crippen molar-refractivity contribution in [1.29, 1.82) is 0 Å². The summed E-state index contributed by atoms with van der Waals surface area (Å²) in [5, 5.41) is 13.1. The molecule has 0 aliphatic heterocycles. The van der Waals surface area contributed by atoms with Crippen molar-refractivity contribution in [1.82, 2.24) is 5.32 Å². The van der Waals surface area contributed by atoms with Crippen molar-refractivity contribution >= 4 is 5.91 Å². The SMILES string of the molecule is Cc1cccc(C(=O)NC2c3ccccc3CC2O)c1. The fourth-order valence-electron chi connectivity index (χ4n) is 2.76. The van der Waals surface area contributed by atoms with E-state index < -0.39 is 6.10 Å². The zero-order valence-electron chi connectivity index (χ0n) is 11.3. The number of amides is 1. The molecule has 20 heavy (non-hydrogen) atoms. The second kappa shape index (κ2) is 5.10. The van der Waals surface area contributed by atoms with E-state index in [0.29, 0.717) is 12.0 Å². The highest BCUT2D eigenvalue weighted by Crippen LogP contribution is 2.31. The van der Waals surface area contributed by atoms with Gasteiger partial charge >= 0.3 is 0 Å². The highest BCUT2D eigenvalue weighted by atomic mass is 16.3. The molecule has 2 aromatic carbocycles. The average Bonchev–Trinajstić information content (AvgIpc) is 2.75. The van der Waals surface area contributed by atoms with E-state index in [0.717, 1.165) is 16.7 Å². The Hall–Kier alpha value is -2.13. The molecule has 3 rings (SSSR count). The normalized spacial score (nSPS) is 20.5. The molecule has 3 heteroatoms. The Bertz CT molecular complexity index is 651. The third-order valence-corrected chi connectivity index (χ3v) is 3.77. The number of aryl methyl sites for hydroxylation is 1. The summed E-state index contributed by atoms with van der Waals surface area (Å²) in [6.45, 7) is 1.95. The third kappa shape index (κ3) is 2.32. The molecule has 2 aromatic rings. The highest BCUT2D eigenvalue weighted by Gasteiger charge is 2.31. The summed E-state index contributed by atoms with van der Waals surface area (Å²) < 4.78 is 0. The Kier molecular flexibility index (Phi) is 3.28. The third-order valence-electron chi connectivity index (χ3n) is 3.77. The maximum atomic E-state index is 12.3. The van der Waals surface area contributed by atoms with Crippen LogP contribution >= 0.6 is 0 Å². The molecule has 0 spiro atoms. The minimum absolute atomic E-state index is 0.144. The molecular formula is C17H17NO2. The van der Waals surface area contributed by atoms with E-state index in [1.807, 2.05) is 49.4 Å². The molecule has 102 valence electrons. The number of benzene rings is 2. The summed E-state index contributed by atoms with van der Waals surface area (Å²) in [7, 11) is 0. The van der Waals surface area contributed by atoms with Gasteiger partial charge in [0.25, 0.3) is 5.91 Å². The first-order valence-corrected chi connectivity index (χ1v) is 6.78. The molecule has 0 aromatic heterocycles. The van der Waals surface area contributed by atoms with Crippen molar-refractivity contribution in [2.75, 3.05) is 0 Å². The van der Waals surface area contributed by atoms with E-state index in [1.54, 1.807) is 6.07 Å². The van der Waals surface area contributed by atoms with Crippen LogP contribution in [-0.2, 0) is 6.42 Å². The van der Waals surface area contributed by atoms with Gasteiger partial charge < -0.3 is 10.4 Å². The molecule has 2 N–H and O–H groups in total. The van der Waals surface area contributed by atoms with Crippen molar-refractivity contribution < 1.29 is 9.90 Å². The Balaban J connectivity index is 1.83. The number of aliphatic hydroxyl groups excluding tert-OH is 1. The number of fused-ring (bicyclic) bond motifs is 1. The minimum atomic E-state index is -0.554. The second-order valence-corrected chi connectivity index (χ2v) is 5.29. The Labute approximate surface area is 118 Å². The molecule has 0 radical (unpaired) electrons. The first-order chi connectivity index (χ1) is 9.65. The van der Waals surface area contributed by atoms with Gasteiger partial charge in [0.2, 0.25) is 0 Å². The summed E-state index contributed by atoms with van der Waals surface area (Å²) in [4.78, 5) is 12.3. The van der Waals surface area contributed by atoms with Gasteiger partial charge in [0.15, 0.2) is 0 Å². The standard InChI is InChI=1S/C17H17NO2/c1-11-5-4-7-13(9-11)17(20)18-16-14-8-3-2-6-12(14)10-15(16)19/h2-9,15-16,19H,10H2,1H3,(H,18,20). The highest BCUT2D eigenvalue weighted by molar-refractivity contribution is 5.94. The van der Waals surface area contributed by atoms with Gasteiger partial charge in [-0.25, -0.2) is 0 Å². The fraction of sp³-hybridized carbons (Fsp3) is 0.235. The molecule has 3 nitrogen and oxygen atoms in total. The molecule has 2 atom stereocenters. The summed E-state index contributed by atoms with van der Waals surface area (Å²) in [5.74, 6) is -0.144. The van der Waals surface area contributed by atoms with Gasteiger partial charge in [-0.3, -0.25) is 4.79 Å². The van der Waals surface area contributed by atoms with Gasteiger partial charge in [-0.1, -0.05) is 42.0 Å². The first-order valence-electron chi connectivity index (χ1n) is 6.78. The van der Waals surface area contributed by atoms with Crippen molar-refractivity contribution in [2.45, 2.75) is 25.5 Å². The van der Waals surface area contributed by atoms with Crippen LogP contribution in [0.1, 0.15) is 33.1 Å². The van der Waals surface area contributed by atoms with Crippen LogP contribution in [0.4, 0.5) is 0 Å². The quantitative estimate of drug-likeness (QED) is 0.877. The van der Waals surface area contributed by atoms with Gasteiger partial charge in [-0.05, 0) is 30.2 Å². The van der Waals surface area contributed by atoms with Gasteiger partial charge in [0.1, 0.15) is 0 Å². The van der Waals surface area contributed by atoms with Crippen molar-refractivity contribution in [3.05, 3.63) is 70.8 Å². The molecule has 0 heterocycles. The molecule has 0 fully saturated rings. The van der Waals surface area contributed by atoms with Gasteiger partial charge in [0.05, 0.1) is 12.1 Å². The average molecular weight is 267 g/mol. The molecule has 1 amide bonds. The second-order valence-electron chi connectivity index (χ2n) is 5.29. The number of hydrogen-bond donors (Lipinski definition) is 2. The van der Waals surface area contributed by atoms with Crippen LogP contribution in [0, 0.1) is 6.92 Å². The van der Waals surface area contributed by atoms with Crippen LogP contribution < -0.4 is 5.32 Å². The van der Waals surface area contributed by atoms with Crippen molar-refractivity contribution in [3.63, 3.8) is 0 Å². The molecule has 0 saturated carbocycles. The van der Waals surface area contributed by atoms with Crippen LogP contribution in [0.2, 0.25) is 0 Å². The molecular weight excluding hydrogens is 250 g/mol. The lowest BCUT2D eigenvalue weighted by atomic mass is 10.1. The number of carbonyl (C=O) groups excluding carboxylic acids is 1. The van der Waals surface area contributed by atoms with Crippen LogP contribution in [0.15, 0.2) is 48.5 Å². The molecule has 0 bridgehead atoms. The zero-order valence-corrected chi connectivity index (χ0v) is 11.3. The molecule has 1 aliphatic rings. The lowest BCUT2D eigenvalue weighted by Gasteiger charge is -2.18. The van der Waals surface area contributed by atoms with Gasteiger partial charge in [-0.15, -0.1) is 0 Å². The molecule has 2 unspecified atom stereocenters. The maximum Gasteiger partial charge on any atom is 0.251 e. The van der Waals surface area contributed by atoms with Crippen LogP contribution in [-0.4, -0.2) is 17.1 Å². The lowest BCUT2D eigenvalue weighted by molar-refractivity contribution is 0.0858. The summed E-state index contributed by atoms with van der Waals surface area (Å²) >= 11 is 0. The summed E-state index contributed by atoms with van der Waals surface area (Å²) in [6, 6.07) is 15.0. The van der Waals surface area contributed by atoms with Crippen molar-refractivity contribution in [3.8, 4) is 0 Å². The van der Waals surface area contributed by atoms with E-state index in [2.05, 4.69) is 5.32 Å². The number of nitrogens with one attached hydrogen (secondary N) is 1. The van der Waals surface area contributed by atoms with E-state index in [-0.39, 0.29) is 11.9 Å². The molecule has 0 saturated heterocycles. The Morgan fingerprint density at radius 3 is 2.80 bits per heavy atom. The Morgan fingerprint density at radius 2 is 2.00 bits per heavy atom. The summed E-state index contributed by atoms with van der Waals surface area (Å²) in [6.07, 6.45) is 0.0377. The first kappa shape index (κ1) is 12.9. The monoisotopic (exact) mass is 267 g/mol. The number of aliphatic hydroxyl groups is 1. The van der Waals surface area contributed by atoms with E-state index in [1.165, 1.54) is 0 Å². The van der Waals surface area contributed by atoms with Crippen LogP contribution in [0.5, 0.6) is 0 Å². The van der Waals surface area contributed by atoms with Crippen LogP contribution in [0.3, 0.4) is 0 Å².